The van der Waals surface area contributed by atoms with Crippen molar-refractivity contribution in [1.82, 2.24) is 10.0 Å². The van der Waals surface area contributed by atoms with E-state index >= 15 is 0 Å². The van der Waals surface area contributed by atoms with Crippen molar-refractivity contribution in [2.45, 2.75) is 26.5 Å². The molecule has 0 aliphatic carbocycles. The highest BCUT2D eigenvalue weighted by Crippen LogP contribution is 2.33. The second-order valence-electron chi connectivity index (χ2n) is 7.03. The Morgan fingerprint density at radius 3 is 2.60 bits per heavy atom. The van der Waals surface area contributed by atoms with Crippen LogP contribution in [0, 0.1) is 0 Å². The van der Waals surface area contributed by atoms with Crippen LogP contribution in [0.2, 0.25) is 0 Å². The molecule has 1 aliphatic rings. The van der Waals surface area contributed by atoms with Crippen LogP contribution in [0.1, 0.15) is 25.0 Å². The van der Waals surface area contributed by atoms with Crippen LogP contribution >= 0.6 is 0 Å². The summed E-state index contributed by atoms with van der Waals surface area (Å²) >= 11 is 0. The summed E-state index contributed by atoms with van der Waals surface area (Å²) in [6.45, 7) is 3.61. The molecule has 0 bridgehead atoms. The first kappa shape index (κ1) is 21.4. The van der Waals surface area contributed by atoms with Gasteiger partial charge in [-0.05, 0) is 43.2 Å². The molecule has 1 fully saturated rings. The SMILES string of the molecule is CC(C)NC(=O)/C=C/c1ccc(N2CC(=O)NS2(=O)=O)c(OCc2ccccc2)c1. The molecule has 0 radical (unpaired) electrons. The summed E-state index contributed by atoms with van der Waals surface area (Å²) in [4.78, 5) is 23.5. The lowest BCUT2D eigenvalue weighted by molar-refractivity contribution is -0.118. The highest BCUT2D eigenvalue weighted by atomic mass is 32.2. The zero-order chi connectivity index (χ0) is 21.7. The number of carbonyl (C=O) groups is 2. The van der Waals surface area contributed by atoms with Gasteiger partial charge in [0.05, 0.1) is 5.69 Å². The van der Waals surface area contributed by atoms with Crippen LogP contribution in [0.15, 0.2) is 54.6 Å². The van der Waals surface area contributed by atoms with Crippen LogP contribution in [-0.2, 0) is 26.4 Å². The number of carbonyl (C=O) groups excluding carboxylic acids is 2. The maximum Gasteiger partial charge on any atom is 0.326 e. The molecule has 2 aromatic rings. The van der Waals surface area contributed by atoms with Gasteiger partial charge in [-0.2, -0.15) is 8.42 Å². The monoisotopic (exact) mass is 429 g/mol. The van der Waals surface area contributed by atoms with Crippen LogP contribution in [0.25, 0.3) is 6.08 Å². The van der Waals surface area contributed by atoms with E-state index < -0.39 is 16.1 Å². The standard InChI is InChI=1S/C21H23N3O5S/c1-15(2)22-20(25)11-9-16-8-10-18(24-13-21(26)23-30(24,27)28)19(12-16)29-14-17-6-4-3-5-7-17/h3-12,15H,13-14H2,1-2H3,(H,22,25)(H,23,26)/b11-9+. The average Bonchev–Trinajstić information content (AvgIpc) is 2.97. The van der Waals surface area contributed by atoms with Gasteiger partial charge in [0, 0.05) is 12.1 Å². The number of nitrogens with one attached hydrogen (secondary N) is 2. The van der Waals surface area contributed by atoms with E-state index in [1.54, 1.807) is 24.3 Å². The lowest BCUT2D eigenvalue weighted by Crippen LogP contribution is -2.29. The average molecular weight is 429 g/mol. The predicted molar refractivity (Wildman–Crippen MR) is 114 cm³/mol. The van der Waals surface area contributed by atoms with Crippen molar-refractivity contribution in [1.29, 1.82) is 0 Å². The van der Waals surface area contributed by atoms with Gasteiger partial charge in [0.2, 0.25) is 5.91 Å². The predicted octanol–water partition coefficient (Wildman–Crippen LogP) is 1.98. The van der Waals surface area contributed by atoms with Crippen LogP contribution in [0.5, 0.6) is 5.75 Å². The second kappa shape index (κ2) is 9.00. The van der Waals surface area contributed by atoms with E-state index in [0.717, 1.165) is 9.87 Å². The van der Waals surface area contributed by atoms with E-state index in [-0.39, 0.29) is 36.5 Å². The van der Waals surface area contributed by atoms with E-state index in [0.29, 0.717) is 5.56 Å². The maximum atomic E-state index is 12.3. The number of hydrogen-bond acceptors (Lipinski definition) is 5. The molecule has 9 heteroatoms. The quantitative estimate of drug-likeness (QED) is 0.655. The van der Waals surface area contributed by atoms with Gasteiger partial charge in [-0.3, -0.25) is 9.59 Å². The molecular weight excluding hydrogens is 406 g/mol. The van der Waals surface area contributed by atoms with E-state index in [4.69, 9.17) is 4.74 Å². The zero-order valence-corrected chi connectivity index (χ0v) is 17.5. The molecule has 0 unspecified atom stereocenters. The molecule has 1 heterocycles. The summed E-state index contributed by atoms with van der Waals surface area (Å²) in [5.74, 6) is -0.568. The molecule has 2 aromatic carbocycles. The third kappa shape index (κ3) is 5.38. The molecule has 0 spiro atoms. The Morgan fingerprint density at radius 2 is 1.97 bits per heavy atom. The Bertz CT molecular complexity index is 1070. The minimum atomic E-state index is -3.98. The summed E-state index contributed by atoms with van der Waals surface area (Å²) in [7, 11) is -3.98. The maximum absolute atomic E-state index is 12.3. The van der Waals surface area contributed by atoms with Gasteiger partial charge in [0.1, 0.15) is 18.9 Å². The summed E-state index contributed by atoms with van der Waals surface area (Å²) in [6.07, 6.45) is 3.01. The fourth-order valence-electron chi connectivity index (χ4n) is 2.86. The third-order valence-electron chi connectivity index (χ3n) is 4.17. The Labute approximate surface area is 175 Å². The van der Waals surface area contributed by atoms with Gasteiger partial charge in [0.25, 0.3) is 5.91 Å². The highest BCUT2D eigenvalue weighted by Gasteiger charge is 2.35. The first-order valence-corrected chi connectivity index (χ1v) is 10.8. The van der Waals surface area contributed by atoms with Crippen LogP contribution in [-0.4, -0.2) is 32.8 Å². The van der Waals surface area contributed by atoms with Crippen molar-refractivity contribution in [3.63, 3.8) is 0 Å². The number of hydrogen-bond donors (Lipinski definition) is 2. The Hall–Kier alpha value is -3.33. The molecule has 2 amide bonds. The lowest BCUT2D eigenvalue weighted by Gasteiger charge is -2.19. The number of nitrogens with zero attached hydrogens (tertiary/aromatic N) is 1. The minimum absolute atomic E-state index is 0.0136. The van der Waals surface area contributed by atoms with Crippen LogP contribution in [0.3, 0.4) is 0 Å². The number of amides is 2. The van der Waals surface area contributed by atoms with Crippen molar-refractivity contribution >= 4 is 33.8 Å². The third-order valence-corrected chi connectivity index (χ3v) is 5.56. The Balaban J connectivity index is 1.90. The van der Waals surface area contributed by atoms with E-state index in [1.807, 2.05) is 48.9 Å². The fraction of sp³-hybridized carbons (Fsp3) is 0.238. The normalized spacial score (nSPS) is 15.4. The first-order chi connectivity index (χ1) is 14.2. The molecule has 0 aromatic heterocycles. The molecule has 1 aliphatic heterocycles. The van der Waals surface area contributed by atoms with Gasteiger partial charge >= 0.3 is 10.2 Å². The molecule has 158 valence electrons. The highest BCUT2D eigenvalue weighted by molar-refractivity contribution is 7.92. The largest absolute Gasteiger partial charge is 0.487 e. The molecule has 0 saturated carbocycles. The molecule has 2 N–H and O–H groups in total. The van der Waals surface area contributed by atoms with Gasteiger partial charge in [-0.15, -0.1) is 0 Å². The number of ether oxygens (including phenoxy) is 1. The number of rotatable bonds is 7. The van der Waals surface area contributed by atoms with E-state index in [1.165, 1.54) is 6.08 Å². The molecule has 30 heavy (non-hydrogen) atoms. The Morgan fingerprint density at radius 1 is 1.23 bits per heavy atom. The molecule has 1 saturated heterocycles. The van der Waals surface area contributed by atoms with Gasteiger partial charge in [-0.1, -0.05) is 36.4 Å². The summed E-state index contributed by atoms with van der Waals surface area (Å²) in [6, 6.07) is 14.3. The minimum Gasteiger partial charge on any atom is -0.487 e. The van der Waals surface area contributed by atoms with Crippen molar-refractivity contribution in [3.8, 4) is 5.75 Å². The van der Waals surface area contributed by atoms with Crippen molar-refractivity contribution in [2.24, 2.45) is 0 Å². The molecule has 3 rings (SSSR count). The second-order valence-corrected chi connectivity index (χ2v) is 8.63. The first-order valence-electron chi connectivity index (χ1n) is 9.37. The Kier molecular flexibility index (Phi) is 6.41. The summed E-state index contributed by atoms with van der Waals surface area (Å²) in [5, 5.41) is 2.76. The van der Waals surface area contributed by atoms with Crippen molar-refractivity contribution in [3.05, 3.63) is 65.7 Å². The smallest absolute Gasteiger partial charge is 0.326 e. The van der Waals surface area contributed by atoms with Crippen molar-refractivity contribution in [2.75, 3.05) is 10.8 Å². The van der Waals surface area contributed by atoms with Crippen LogP contribution in [0.4, 0.5) is 5.69 Å². The zero-order valence-electron chi connectivity index (χ0n) is 16.7. The summed E-state index contributed by atoms with van der Waals surface area (Å²) < 4.78 is 33.4. The molecule has 8 nitrogen and oxygen atoms in total. The van der Waals surface area contributed by atoms with Crippen LogP contribution < -0.4 is 19.1 Å². The van der Waals surface area contributed by atoms with E-state index in [9.17, 15) is 18.0 Å². The van der Waals surface area contributed by atoms with Gasteiger partial charge in [-0.25, -0.2) is 9.03 Å². The lowest BCUT2D eigenvalue weighted by atomic mass is 10.1. The van der Waals surface area contributed by atoms with E-state index in [2.05, 4.69) is 5.32 Å². The summed E-state index contributed by atoms with van der Waals surface area (Å²) in [5.41, 5.74) is 1.80. The number of anilines is 1. The topological polar surface area (TPSA) is 105 Å². The van der Waals surface area contributed by atoms with Gasteiger partial charge in [0.15, 0.2) is 0 Å². The molecular formula is C21H23N3O5S. The number of benzene rings is 2. The molecule has 0 atom stereocenters. The van der Waals surface area contributed by atoms with Gasteiger partial charge < -0.3 is 10.1 Å². The fourth-order valence-corrected chi connectivity index (χ4v) is 4.02. The van der Waals surface area contributed by atoms with Crippen molar-refractivity contribution < 1.29 is 22.7 Å².